The Labute approximate surface area is 145 Å². The van der Waals surface area contributed by atoms with Crippen molar-refractivity contribution in [2.75, 3.05) is 46.4 Å². The van der Waals surface area contributed by atoms with Crippen LogP contribution in [0.15, 0.2) is 29.6 Å². The van der Waals surface area contributed by atoms with Gasteiger partial charge in [0.15, 0.2) is 0 Å². The lowest BCUT2D eigenvalue weighted by Gasteiger charge is -2.38. The highest BCUT2D eigenvalue weighted by molar-refractivity contribution is 7.13. The first-order valence-corrected chi connectivity index (χ1v) is 8.88. The number of nitrogens with zero attached hydrogens (tertiary/aromatic N) is 2. The Kier molecular flexibility index (Phi) is 5.25. The summed E-state index contributed by atoms with van der Waals surface area (Å²) in [5.41, 5.74) is 2.14. The van der Waals surface area contributed by atoms with E-state index in [4.69, 9.17) is 14.8 Å². The molecule has 0 radical (unpaired) electrons. The molecule has 3 rings (SSSR count). The summed E-state index contributed by atoms with van der Waals surface area (Å²) in [7, 11) is 1.73. The highest BCUT2D eigenvalue weighted by atomic mass is 32.1. The van der Waals surface area contributed by atoms with Crippen LogP contribution in [0.25, 0.3) is 11.3 Å². The number of methoxy groups -OCH3 is 1. The van der Waals surface area contributed by atoms with Gasteiger partial charge >= 0.3 is 5.97 Å². The lowest BCUT2D eigenvalue weighted by atomic mass is 10.1. The zero-order valence-electron chi connectivity index (χ0n) is 13.7. The fraction of sp³-hybridized carbons (Fsp3) is 0.412. The molecule has 0 aliphatic carbocycles. The maximum absolute atomic E-state index is 11.0. The van der Waals surface area contributed by atoms with Crippen molar-refractivity contribution in [2.45, 2.75) is 0 Å². The van der Waals surface area contributed by atoms with Crippen LogP contribution in [0.3, 0.4) is 0 Å². The molecule has 0 saturated carbocycles. The minimum atomic E-state index is -0.912. The van der Waals surface area contributed by atoms with Crippen LogP contribution in [0, 0.1) is 0 Å². The molecule has 1 saturated heterocycles. The fourth-order valence-corrected chi connectivity index (χ4v) is 4.05. The number of aromatic carboxylic acids is 1. The molecule has 24 heavy (non-hydrogen) atoms. The van der Waals surface area contributed by atoms with Gasteiger partial charge in [0.1, 0.15) is 6.54 Å². The van der Waals surface area contributed by atoms with Gasteiger partial charge in [-0.05, 0) is 12.1 Å². The first-order valence-electron chi connectivity index (χ1n) is 8.00. The van der Waals surface area contributed by atoms with Crippen LogP contribution >= 0.6 is 11.3 Å². The molecule has 2 heterocycles. The summed E-state index contributed by atoms with van der Waals surface area (Å²) >= 11 is 1.67. The second kappa shape index (κ2) is 7.40. The van der Waals surface area contributed by atoms with Gasteiger partial charge in [-0.15, -0.1) is 0 Å². The first kappa shape index (κ1) is 17.0. The largest absolute Gasteiger partial charge is 0.478 e. The molecule has 0 spiro atoms. The second-order valence-electron chi connectivity index (χ2n) is 5.96. The topological polar surface area (TPSA) is 71.5 Å². The van der Waals surface area contributed by atoms with E-state index in [2.05, 4.69) is 10.7 Å². The van der Waals surface area contributed by atoms with Crippen LogP contribution < -0.4 is 9.80 Å². The lowest BCUT2D eigenvalue weighted by molar-refractivity contribution is 0.0697. The van der Waals surface area contributed by atoms with E-state index in [0.717, 1.165) is 53.6 Å². The highest BCUT2D eigenvalue weighted by Crippen LogP contribution is 2.32. The number of quaternary nitrogens is 1. The van der Waals surface area contributed by atoms with Crippen molar-refractivity contribution in [3.63, 3.8) is 0 Å². The molecule has 1 aromatic carbocycles. The van der Waals surface area contributed by atoms with Gasteiger partial charge in [-0.1, -0.05) is 23.5 Å². The standard InChI is InChI=1S/C17H21N3O3S/c1-23-11-10-20(8-6-18-7-9-20)17-19-15(12-24-17)13-2-4-14(5-3-13)16(21)22/h2-5,12,18H,6-11H2,1H3/p+1. The van der Waals surface area contributed by atoms with E-state index >= 15 is 0 Å². The van der Waals surface area contributed by atoms with Crippen molar-refractivity contribution < 1.29 is 14.6 Å². The summed E-state index contributed by atoms with van der Waals surface area (Å²) in [5.74, 6) is -0.912. The molecule has 1 fully saturated rings. The summed E-state index contributed by atoms with van der Waals surface area (Å²) in [6, 6.07) is 6.88. The van der Waals surface area contributed by atoms with Crippen molar-refractivity contribution in [1.29, 1.82) is 0 Å². The minimum absolute atomic E-state index is 0.292. The maximum atomic E-state index is 11.0. The molecular weight excluding hydrogens is 326 g/mol. The lowest BCUT2D eigenvalue weighted by Crippen LogP contribution is -2.61. The third kappa shape index (κ3) is 3.49. The third-order valence-electron chi connectivity index (χ3n) is 4.48. The number of hydrogen-bond acceptors (Lipinski definition) is 5. The Morgan fingerprint density at radius 3 is 2.67 bits per heavy atom. The van der Waals surface area contributed by atoms with E-state index in [1.807, 2.05) is 12.1 Å². The molecule has 0 atom stereocenters. The highest BCUT2D eigenvalue weighted by Gasteiger charge is 2.35. The van der Waals surface area contributed by atoms with Crippen molar-refractivity contribution in [2.24, 2.45) is 0 Å². The first-order chi connectivity index (χ1) is 11.6. The number of benzene rings is 1. The van der Waals surface area contributed by atoms with Crippen LogP contribution in [0.1, 0.15) is 10.4 Å². The zero-order valence-corrected chi connectivity index (χ0v) is 14.5. The van der Waals surface area contributed by atoms with Gasteiger partial charge < -0.3 is 15.2 Å². The average molecular weight is 348 g/mol. The summed E-state index contributed by atoms with van der Waals surface area (Å²) in [6.07, 6.45) is 0. The molecule has 0 amide bonds. The average Bonchev–Trinajstić information content (AvgIpc) is 3.11. The number of carbonyl (C=O) groups is 1. The molecule has 7 heteroatoms. The Morgan fingerprint density at radius 2 is 2.04 bits per heavy atom. The van der Waals surface area contributed by atoms with Gasteiger partial charge in [0.25, 0.3) is 5.13 Å². The van der Waals surface area contributed by atoms with Crippen LogP contribution in [0.5, 0.6) is 0 Å². The molecular formula is C17H22N3O3S+. The summed E-state index contributed by atoms with van der Waals surface area (Å²) < 4.78 is 6.15. The van der Waals surface area contributed by atoms with Gasteiger partial charge in [-0.2, -0.15) is 4.98 Å². The number of carboxylic acid groups (broad SMARTS) is 1. The second-order valence-corrected chi connectivity index (χ2v) is 6.79. The molecule has 1 aliphatic rings. The van der Waals surface area contributed by atoms with Crippen LogP contribution in [-0.2, 0) is 4.74 Å². The van der Waals surface area contributed by atoms with Crippen LogP contribution in [-0.4, -0.2) is 62.5 Å². The Morgan fingerprint density at radius 1 is 1.33 bits per heavy atom. The Balaban J connectivity index is 1.86. The predicted octanol–water partition coefficient (Wildman–Crippen LogP) is 2.07. The summed E-state index contributed by atoms with van der Waals surface area (Å²) in [6.45, 7) is 5.60. The number of piperazine rings is 1. The number of nitrogens with one attached hydrogen (secondary N) is 1. The van der Waals surface area contributed by atoms with Crippen molar-refractivity contribution in [1.82, 2.24) is 14.8 Å². The van der Waals surface area contributed by atoms with E-state index in [0.29, 0.717) is 12.2 Å². The molecule has 2 aromatic rings. The number of thiazole rings is 1. The molecule has 0 bridgehead atoms. The van der Waals surface area contributed by atoms with Crippen LogP contribution in [0.2, 0.25) is 0 Å². The van der Waals surface area contributed by atoms with E-state index in [9.17, 15) is 4.79 Å². The predicted molar refractivity (Wildman–Crippen MR) is 95.7 cm³/mol. The van der Waals surface area contributed by atoms with E-state index in [1.165, 1.54) is 0 Å². The Bertz CT molecular complexity index is 693. The third-order valence-corrected chi connectivity index (χ3v) is 5.51. The Hall–Kier alpha value is -1.80. The smallest absolute Gasteiger partial charge is 0.335 e. The number of ether oxygens (including phenoxy) is 1. The molecule has 0 unspecified atom stereocenters. The van der Waals surface area contributed by atoms with Gasteiger partial charge in [0.05, 0.1) is 31.0 Å². The minimum Gasteiger partial charge on any atom is -0.478 e. The summed E-state index contributed by atoms with van der Waals surface area (Å²) in [5, 5.41) is 15.6. The van der Waals surface area contributed by atoms with E-state index < -0.39 is 5.97 Å². The molecule has 1 aliphatic heterocycles. The summed E-state index contributed by atoms with van der Waals surface area (Å²) in [4.78, 5) is 15.8. The van der Waals surface area contributed by atoms with E-state index in [1.54, 1.807) is 30.6 Å². The van der Waals surface area contributed by atoms with E-state index in [-0.39, 0.29) is 0 Å². The quantitative estimate of drug-likeness (QED) is 0.782. The molecule has 2 N–H and O–H groups in total. The fourth-order valence-electron chi connectivity index (χ4n) is 3.00. The van der Waals surface area contributed by atoms with Gasteiger partial charge in [-0.25, -0.2) is 4.79 Å². The van der Waals surface area contributed by atoms with Crippen molar-refractivity contribution in [3.8, 4) is 11.3 Å². The van der Waals surface area contributed by atoms with Gasteiger partial charge in [-0.3, -0.25) is 4.48 Å². The SMILES string of the molecule is COCC[N+]1(c2nc(-c3ccc(C(=O)O)cc3)cs2)CCNCC1. The number of rotatable bonds is 6. The van der Waals surface area contributed by atoms with Gasteiger partial charge in [0.2, 0.25) is 0 Å². The zero-order chi connectivity index (χ0) is 17.0. The normalized spacial score (nSPS) is 16.9. The molecule has 128 valence electrons. The monoisotopic (exact) mass is 348 g/mol. The van der Waals surface area contributed by atoms with Crippen molar-refractivity contribution in [3.05, 3.63) is 35.2 Å². The maximum Gasteiger partial charge on any atom is 0.335 e. The van der Waals surface area contributed by atoms with Gasteiger partial charge in [0, 0.05) is 31.1 Å². The molecule has 6 nitrogen and oxygen atoms in total. The van der Waals surface area contributed by atoms with Crippen LogP contribution in [0.4, 0.5) is 5.13 Å². The molecule has 1 aromatic heterocycles. The number of aromatic nitrogens is 1. The van der Waals surface area contributed by atoms with Crippen molar-refractivity contribution >= 4 is 22.4 Å². The number of hydrogen-bond donors (Lipinski definition) is 2. The number of carboxylic acids is 1.